The van der Waals surface area contributed by atoms with Crippen molar-refractivity contribution in [3.8, 4) is 5.75 Å². The predicted octanol–water partition coefficient (Wildman–Crippen LogP) is 4.84. The van der Waals surface area contributed by atoms with Gasteiger partial charge >= 0.3 is 0 Å². The number of nitrogens with one attached hydrogen (secondary N) is 3. The largest absolute Gasteiger partial charge is 0.494 e. The number of hydrogen-bond donors (Lipinski definition) is 3. The van der Waals surface area contributed by atoms with Gasteiger partial charge in [0, 0.05) is 16.9 Å². The van der Waals surface area contributed by atoms with Gasteiger partial charge in [0.2, 0.25) is 0 Å². The van der Waals surface area contributed by atoms with Gasteiger partial charge in [0.25, 0.3) is 11.8 Å². The van der Waals surface area contributed by atoms with Crippen LogP contribution in [0.5, 0.6) is 5.75 Å². The highest BCUT2D eigenvalue weighted by Gasteiger charge is 2.10. The van der Waals surface area contributed by atoms with Crippen LogP contribution in [0.4, 0.5) is 11.4 Å². The van der Waals surface area contributed by atoms with E-state index in [-0.39, 0.29) is 22.7 Å². The van der Waals surface area contributed by atoms with Crippen molar-refractivity contribution in [2.45, 2.75) is 19.8 Å². The summed E-state index contributed by atoms with van der Waals surface area (Å²) in [5.74, 6) is 0.298. The number of anilines is 2. The van der Waals surface area contributed by atoms with E-state index in [1.807, 2.05) is 0 Å². The minimum Gasteiger partial charge on any atom is -0.494 e. The lowest BCUT2D eigenvalue weighted by Gasteiger charge is -2.11. The zero-order chi connectivity index (χ0) is 22.1. The van der Waals surface area contributed by atoms with Crippen LogP contribution >= 0.6 is 12.2 Å². The van der Waals surface area contributed by atoms with E-state index in [1.54, 1.807) is 60.7 Å². The van der Waals surface area contributed by atoms with Crippen LogP contribution in [-0.2, 0) is 0 Å². The van der Waals surface area contributed by atoms with E-state index < -0.39 is 0 Å². The van der Waals surface area contributed by atoms with Gasteiger partial charge in [-0.05, 0) is 79.3 Å². The molecule has 0 aliphatic carbocycles. The molecule has 0 spiro atoms. The number of furan rings is 1. The second-order valence-electron chi connectivity index (χ2n) is 6.64. The Bertz CT molecular complexity index is 1020. The average molecular weight is 438 g/mol. The first-order chi connectivity index (χ1) is 15.0. The van der Waals surface area contributed by atoms with Gasteiger partial charge in [-0.2, -0.15) is 0 Å². The number of benzene rings is 2. The minimum atomic E-state index is -0.338. The highest BCUT2D eigenvalue weighted by Crippen LogP contribution is 2.16. The van der Waals surface area contributed by atoms with Gasteiger partial charge in [-0.25, -0.2) is 0 Å². The highest BCUT2D eigenvalue weighted by molar-refractivity contribution is 7.80. The van der Waals surface area contributed by atoms with Crippen LogP contribution in [0.1, 0.15) is 40.7 Å². The molecule has 0 radical (unpaired) electrons. The molecule has 0 aliphatic heterocycles. The predicted molar refractivity (Wildman–Crippen MR) is 124 cm³/mol. The zero-order valence-corrected chi connectivity index (χ0v) is 17.8. The summed E-state index contributed by atoms with van der Waals surface area (Å²) in [6.45, 7) is 2.75. The van der Waals surface area contributed by atoms with E-state index in [9.17, 15) is 9.59 Å². The molecule has 0 aliphatic rings. The normalized spacial score (nSPS) is 10.2. The number of carbonyl (C=O) groups is 2. The van der Waals surface area contributed by atoms with Gasteiger partial charge in [-0.3, -0.25) is 14.9 Å². The van der Waals surface area contributed by atoms with Crippen molar-refractivity contribution in [1.82, 2.24) is 5.32 Å². The Hall–Kier alpha value is -3.65. The Morgan fingerprint density at radius 1 is 0.935 bits per heavy atom. The molecule has 0 saturated carbocycles. The van der Waals surface area contributed by atoms with E-state index in [4.69, 9.17) is 21.4 Å². The number of hydrogen-bond acceptors (Lipinski definition) is 5. The molecule has 31 heavy (non-hydrogen) atoms. The number of carbonyl (C=O) groups excluding carboxylic acids is 2. The van der Waals surface area contributed by atoms with Crippen LogP contribution in [-0.4, -0.2) is 23.5 Å². The van der Waals surface area contributed by atoms with Crippen LogP contribution in [0.3, 0.4) is 0 Å². The molecule has 2 aromatic carbocycles. The summed E-state index contributed by atoms with van der Waals surface area (Å²) in [4.78, 5) is 24.4. The number of ether oxygens (including phenoxy) is 1. The molecule has 1 heterocycles. The molecule has 0 atom stereocenters. The number of rotatable bonds is 8. The molecule has 0 fully saturated rings. The standard InChI is InChI=1S/C23H23N3O4S/c1-2-3-14-29-19-12-6-16(7-13-19)21(27)26-23(31)25-18-10-8-17(9-11-18)24-22(28)20-5-4-15-30-20/h4-13,15H,2-3,14H2,1H3,(H,24,28)(H2,25,26,27,31). The molecule has 3 N–H and O–H groups in total. The highest BCUT2D eigenvalue weighted by atomic mass is 32.1. The number of unbranched alkanes of at least 4 members (excludes halogenated alkanes) is 1. The van der Waals surface area contributed by atoms with Gasteiger partial charge in [-0.15, -0.1) is 0 Å². The maximum absolute atomic E-state index is 12.4. The number of amides is 2. The van der Waals surface area contributed by atoms with Crippen molar-refractivity contribution in [3.05, 3.63) is 78.3 Å². The van der Waals surface area contributed by atoms with Crippen LogP contribution in [0.2, 0.25) is 0 Å². The summed E-state index contributed by atoms with van der Waals surface area (Å²) in [5.41, 5.74) is 1.74. The monoisotopic (exact) mass is 437 g/mol. The fourth-order valence-electron chi connectivity index (χ4n) is 2.61. The molecule has 2 amide bonds. The van der Waals surface area contributed by atoms with E-state index in [0.717, 1.165) is 18.6 Å². The molecule has 7 nitrogen and oxygen atoms in total. The second-order valence-corrected chi connectivity index (χ2v) is 7.05. The summed E-state index contributed by atoms with van der Waals surface area (Å²) in [5, 5.41) is 8.47. The molecule has 0 unspecified atom stereocenters. The van der Waals surface area contributed by atoms with Crippen LogP contribution in [0.15, 0.2) is 71.3 Å². The lowest BCUT2D eigenvalue weighted by molar-refractivity contribution is 0.0975. The Kier molecular flexibility index (Phi) is 7.78. The van der Waals surface area contributed by atoms with Gasteiger partial charge in [0.05, 0.1) is 12.9 Å². The van der Waals surface area contributed by atoms with Gasteiger partial charge in [0.15, 0.2) is 10.9 Å². The Morgan fingerprint density at radius 2 is 1.61 bits per heavy atom. The van der Waals surface area contributed by atoms with Crippen molar-refractivity contribution in [1.29, 1.82) is 0 Å². The summed E-state index contributed by atoms with van der Waals surface area (Å²) in [6, 6.07) is 17.0. The summed E-state index contributed by atoms with van der Waals surface area (Å²) in [6.07, 6.45) is 3.49. The first-order valence-electron chi connectivity index (χ1n) is 9.85. The maximum Gasteiger partial charge on any atom is 0.291 e. The molecule has 8 heteroatoms. The van der Waals surface area contributed by atoms with Crippen LogP contribution in [0, 0.1) is 0 Å². The van der Waals surface area contributed by atoms with Crippen molar-refractivity contribution in [2.24, 2.45) is 0 Å². The van der Waals surface area contributed by atoms with Crippen LogP contribution in [0.25, 0.3) is 0 Å². The van der Waals surface area contributed by atoms with E-state index in [2.05, 4.69) is 22.9 Å². The minimum absolute atomic E-state index is 0.167. The van der Waals surface area contributed by atoms with Gasteiger partial charge in [-0.1, -0.05) is 13.3 Å². The third kappa shape index (κ3) is 6.68. The Balaban J connectivity index is 1.48. The summed E-state index contributed by atoms with van der Waals surface area (Å²) >= 11 is 5.22. The first kappa shape index (κ1) is 22.0. The maximum atomic E-state index is 12.4. The van der Waals surface area contributed by atoms with Crippen molar-refractivity contribution < 1.29 is 18.7 Å². The third-order valence-electron chi connectivity index (χ3n) is 4.26. The second kappa shape index (κ2) is 10.9. The van der Waals surface area contributed by atoms with E-state index >= 15 is 0 Å². The summed E-state index contributed by atoms with van der Waals surface area (Å²) in [7, 11) is 0. The molecule has 3 aromatic rings. The van der Waals surface area contributed by atoms with Crippen molar-refractivity contribution in [2.75, 3.05) is 17.2 Å². The molecule has 3 rings (SSSR count). The topological polar surface area (TPSA) is 92.6 Å². The quantitative estimate of drug-likeness (QED) is 0.345. The fourth-order valence-corrected chi connectivity index (χ4v) is 2.82. The first-order valence-corrected chi connectivity index (χ1v) is 10.3. The lowest BCUT2D eigenvalue weighted by Crippen LogP contribution is -2.34. The van der Waals surface area contributed by atoms with Gasteiger partial charge < -0.3 is 19.8 Å². The zero-order valence-electron chi connectivity index (χ0n) is 17.0. The molecule has 0 bridgehead atoms. The molecular formula is C23H23N3O4S. The Labute approximate surface area is 185 Å². The van der Waals surface area contributed by atoms with Crippen LogP contribution < -0.4 is 20.7 Å². The van der Waals surface area contributed by atoms with Crippen molar-refractivity contribution in [3.63, 3.8) is 0 Å². The SMILES string of the molecule is CCCCOc1ccc(C(=O)NC(=S)Nc2ccc(NC(=O)c3ccco3)cc2)cc1. The van der Waals surface area contributed by atoms with Crippen molar-refractivity contribution >= 4 is 40.5 Å². The lowest BCUT2D eigenvalue weighted by atomic mass is 10.2. The molecule has 160 valence electrons. The fraction of sp³-hybridized carbons (Fsp3) is 0.174. The molecule has 0 saturated heterocycles. The average Bonchev–Trinajstić information content (AvgIpc) is 3.31. The molecular weight excluding hydrogens is 414 g/mol. The Morgan fingerprint density at radius 3 is 2.23 bits per heavy atom. The number of thiocarbonyl (C=S) groups is 1. The smallest absolute Gasteiger partial charge is 0.291 e. The van der Waals surface area contributed by atoms with E-state index in [0.29, 0.717) is 23.5 Å². The summed E-state index contributed by atoms with van der Waals surface area (Å²) < 4.78 is 10.7. The van der Waals surface area contributed by atoms with E-state index in [1.165, 1.54) is 6.26 Å². The molecule has 1 aromatic heterocycles. The third-order valence-corrected chi connectivity index (χ3v) is 4.46. The van der Waals surface area contributed by atoms with Gasteiger partial charge in [0.1, 0.15) is 5.75 Å².